The van der Waals surface area contributed by atoms with E-state index >= 15 is 0 Å². The number of rotatable bonds is 2. The summed E-state index contributed by atoms with van der Waals surface area (Å²) in [6, 6.07) is 0. The third kappa shape index (κ3) is 2.50. The van der Waals surface area contributed by atoms with Crippen molar-refractivity contribution in [3.8, 4) is 0 Å². The van der Waals surface area contributed by atoms with E-state index < -0.39 is 28.8 Å². The van der Waals surface area contributed by atoms with Gasteiger partial charge in [-0.25, -0.2) is 0 Å². The Hall–Kier alpha value is -2.01. The van der Waals surface area contributed by atoms with E-state index in [2.05, 4.69) is 19.9 Å². The lowest BCUT2D eigenvalue weighted by atomic mass is 9.50. The summed E-state index contributed by atoms with van der Waals surface area (Å²) in [4.78, 5) is 38.9. The molecule has 1 saturated carbocycles. The lowest BCUT2D eigenvalue weighted by Crippen LogP contribution is -2.51. The summed E-state index contributed by atoms with van der Waals surface area (Å²) < 4.78 is 5.60. The Bertz CT molecular complexity index is 997. The second-order valence-electron chi connectivity index (χ2n) is 10.9. The fourth-order valence-corrected chi connectivity index (χ4v) is 7.41. The molecular formula is C26H32O5. The first-order valence-corrected chi connectivity index (χ1v) is 11.7. The third-order valence-electron chi connectivity index (χ3n) is 9.03. The lowest BCUT2D eigenvalue weighted by Gasteiger charge is -2.53. The summed E-state index contributed by atoms with van der Waals surface area (Å²) in [6.45, 7) is 7.90. The van der Waals surface area contributed by atoms with Crippen molar-refractivity contribution in [1.82, 2.24) is 0 Å². The first-order chi connectivity index (χ1) is 14.5. The van der Waals surface area contributed by atoms with Gasteiger partial charge in [-0.1, -0.05) is 25.5 Å². The van der Waals surface area contributed by atoms with Gasteiger partial charge in [-0.2, -0.15) is 0 Å². The van der Waals surface area contributed by atoms with Gasteiger partial charge >= 0.3 is 5.97 Å². The Balaban J connectivity index is 1.74. The lowest BCUT2D eigenvalue weighted by molar-refractivity contribution is -0.154. The minimum atomic E-state index is -1.11. The van der Waals surface area contributed by atoms with Crippen molar-refractivity contribution in [1.29, 1.82) is 0 Å². The number of allylic oxidation sites excluding steroid dienone is 4. The van der Waals surface area contributed by atoms with Crippen LogP contribution in [-0.2, 0) is 19.1 Å². The maximum Gasteiger partial charge on any atom is 0.316 e. The predicted octanol–water partition coefficient (Wildman–Crippen LogP) is 4.00. The van der Waals surface area contributed by atoms with Crippen molar-refractivity contribution >= 4 is 17.5 Å². The van der Waals surface area contributed by atoms with Crippen LogP contribution in [0.25, 0.3) is 0 Å². The first kappa shape index (κ1) is 20.9. The maximum atomic E-state index is 13.3. The van der Waals surface area contributed by atoms with Gasteiger partial charge in [-0.3, -0.25) is 14.4 Å². The molecule has 0 aromatic rings. The van der Waals surface area contributed by atoms with Crippen LogP contribution in [0, 0.1) is 22.2 Å². The average Bonchev–Trinajstić information content (AvgIpc) is 3.13. The van der Waals surface area contributed by atoms with E-state index in [1.807, 2.05) is 0 Å². The number of fused-ring (bicyclic) bond motifs is 3. The summed E-state index contributed by atoms with van der Waals surface area (Å²) >= 11 is 0. The molecule has 0 aliphatic heterocycles. The number of ketones is 2. The number of carbonyl (C=O) groups is 3. The predicted molar refractivity (Wildman–Crippen MR) is 115 cm³/mol. The summed E-state index contributed by atoms with van der Waals surface area (Å²) in [6.07, 6.45) is 7.12. The van der Waals surface area contributed by atoms with Gasteiger partial charge in [0.05, 0.1) is 17.6 Å². The molecule has 2 unspecified atom stereocenters. The SMILES string of the molecule is CC(C)OC(=O)[C@H]1C2=C(CCC34C(=O)CC[C@]3(C)CC=C24)C2(C)CCC(=O)C=C2[C@@H]1O. The van der Waals surface area contributed by atoms with Crippen molar-refractivity contribution in [2.45, 2.75) is 84.8 Å². The molecule has 0 radical (unpaired) electrons. The van der Waals surface area contributed by atoms with E-state index in [0.717, 1.165) is 36.0 Å². The zero-order chi connectivity index (χ0) is 22.3. The van der Waals surface area contributed by atoms with Crippen LogP contribution in [0.5, 0.6) is 0 Å². The molecule has 5 aliphatic carbocycles. The first-order valence-electron chi connectivity index (χ1n) is 11.7. The molecule has 5 atom stereocenters. The topological polar surface area (TPSA) is 80.7 Å². The van der Waals surface area contributed by atoms with E-state index in [9.17, 15) is 19.5 Å². The summed E-state index contributed by atoms with van der Waals surface area (Å²) in [5.74, 6) is -1.08. The van der Waals surface area contributed by atoms with Crippen LogP contribution >= 0.6 is 0 Å². The molecule has 0 aromatic heterocycles. The number of Topliss-reactive ketones (excluding diaryl/α,β-unsaturated/α-hetero) is 1. The fraction of sp³-hybridized carbons (Fsp3) is 0.654. The van der Waals surface area contributed by atoms with Crippen molar-refractivity contribution in [2.24, 2.45) is 22.2 Å². The number of aliphatic hydroxyl groups excluding tert-OH is 1. The van der Waals surface area contributed by atoms with Crippen molar-refractivity contribution in [3.05, 3.63) is 34.4 Å². The van der Waals surface area contributed by atoms with E-state index in [4.69, 9.17) is 4.74 Å². The summed E-state index contributed by atoms with van der Waals surface area (Å²) in [7, 11) is 0. The smallest absolute Gasteiger partial charge is 0.316 e. The molecule has 5 rings (SSSR count). The molecular weight excluding hydrogens is 392 g/mol. The van der Waals surface area contributed by atoms with Gasteiger partial charge in [-0.05, 0) is 74.2 Å². The van der Waals surface area contributed by atoms with Gasteiger partial charge in [0.1, 0.15) is 11.7 Å². The van der Waals surface area contributed by atoms with Crippen LogP contribution in [0.3, 0.4) is 0 Å². The maximum absolute atomic E-state index is 13.3. The van der Waals surface area contributed by atoms with Crippen molar-refractivity contribution in [3.63, 3.8) is 0 Å². The molecule has 31 heavy (non-hydrogen) atoms. The molecule has 1 fully saturated rings. The Morgan fingerprint density at radius 3 is 2.58 bits per heavy atom. The highest BCUT2D eigenvalue weighted by Gasteiger charge is 2.66. The van der Waals surface area contributed by atoms with Crippen LogP contribution in [-0.4, -0.2) is 34.9 Å². The van der Waals surface area contributed by atoms with E-state index in [0.29, 0.717) is 31.3 Å². The summed E-state index contributed by atoms with van der Waals surface area (Å²) in [5, 5.41) is 11.5. The normalized spacial score (nSPS) is 41.4. The Kier molecular flexibility index (Phi) is 4.38. The zero-order valence-corrected chi connectivity index (χ0v) is 18.9. The largest absolute Gasteiger partial charge is 0.462 e. The molecule has 1 N–H and O–H groups in total. The molecule has 5 nitrogen and oxygen atoms in total. The number of hydrogen-bond donors (Lipinski definition) is 1. The molecule has 0 amide bonds. The Labute approximate surface area is 183 Å². The van der Waals surface area contributed by atoms with Gasteiger partial charge < -0.3 is 9.84 Å². The molecule has 5 aliphatic rings. The molecule has 0 saturated heterocycles. The van der Waals surface area contributed by atoms with Crippen molar-refractivity contribution < 1.29 is 24.2 Å². The number of ether oxygens (including phenoxy) is 1. The second-order valence-corrected chi connectivity index (χ2v) is 10.9. The highest BCUT2D eigenvalue weighted by Crippen LogP contribution is 2.70. The van der Waals surface area contributed by atoms with Crippen LogP contribution in [0.15, 0.2) is 34.4 Å². The quantitative estimate of drug-likeness (QED) is 0.678. The van der Waals surface area contributed by atoms with Gasteiger partial charge in [0.2, 0.25) is 0 Å². The minimum absolute atomic E-state index is 0.00235. The van der Waals surface area contributed by atoms with Gasteiger partial charge in [0, 0.05) is 18.3 Å². The summed E-state index contributed by atoms with van der Waals surface area (Å²) in [5.41, 5.74) is 2.46. The number of aliphatic hydroxyl groups is 1. The third-order valence-corrected chi connectivity index (χ3v) is 9.03. The standard InChI is InChI=1S/C26H32O5/c1-14(2)31-23(30)21-20-16(25(4)11-5-15(27)13-18(25)22(21)29)7-12-26-17(20)6-9-24(26,3)10-8-19(26)28/h6,13-14,21-22,29H,5,7-12H2,1-4H3/t21-,22-,24-,25?,26?/m0/s1. The molecule has 166 valence electrons. The minimum Gasteiger partial charge on any atom is -0.462 e. The number of hydrogen-bond acceptors (Lipinski definition) is 5. The molecule has 1 spiro atoms. The van der Waals surface area contributed by atoms with Crippen LogP contribution in [0.2, 0.25) is 0 Å². The van der Waals surface area contributed by atoms with Crippen LogP contribution < -0.4 is 0 Å². The molecule has 0 bridgehead atoms. The van der Waals surface area contributed by atoms with E-state index in [1.54, 1.807) is 19.9 Å². The highest BCUT2D eigenvalue weighted by molar-refractivity contribution is 5.96. The van der Waals surface area contributed by atoms with Crippen LogP contribution in [0.1, 0.15) is 72.6 Å². The van der Waals surface area contributed by atoms with E-state index in [1.165, 1.54) is 0 Å². The Morgan fingerprint density at radius 1 is 1.13 bits per heavy atom. The molecule has 5 heteroatoms. The number of esters is 1. The second kappa shape index (κ2) is 6.50. The molecule has 0 aromatic carbocycles. The fourth-order valence-electron chi connectivity index (χ4n) is 7.41. The average molecular weight is 425 g/mol. The molecule has 0 heterocycles. The van der Waals surface area contributed by atoms with Gasteiger partial charge in [0.25, 0.3) is 0 Å². The Morgan fingerprint density at radius 2 is 1.87 bits per heavy atom. The zero-order valence-electron chi connectivity index (χ0n) is 18.9. The van der Waals surface area contributed by atoms with Crippen LogP contribution in [0.4, 0.5) is 0 Å². The number of carbonyl (C=O) groups excluding carboxylic acids is 3. The highest BCUT2D eigenvalue weighted by atomic mass is 16.5. The monoisotopic (exact) mass is 424 g/mol. The van der Waals surface area contributed by atoms with Gasteiger partial charge in [-0.15, -0.1) is 0 Å². The van der Waals surface area contributed by atoms with Gasteiger partial charge in [0.15, 0.2) is 5.78 Å². The van der Waals surface area contributed by atoms with E-state index in [-0.39, 0.29) is 23.1 Å². The van der Waals surface area contributed by atoms with Crippen molar-refractivity contribution in [2.75, 3.05) is 0 Å².